The van der Waals surface area contributed by atoms with Gasteiger partial charge in [-0.25, -0.2) is 19.6 Å². The Bertz CT molecular complexity index is 1170. The topological polar surface area (TPSA) is 115 Å². The van der Waals surface area contributed by atoms with E-state index in [1.807, 2.05) is 48.5 Å². The van der Waals surface area contributed by atoms with Gasteiger partial charge in [0.05, 0.1) is 18.1 Å². The zero-order valence-electron chi connectivity index (χ0n) is 15.8. The molecule has 30 heavy (non-hydrogen) atoms. The summed E-state index contributed by atoms with van der Waals surface area (Å²) in [6, 6.07) is 15.9. The minimum absolute atomic E-state index is 0.793. The van der Waals surface area contributed by atoms with Crippen molar-refractivity contribution in [3.63, 3.8) is 0 Å². The Kier molecular flexibility index (Phi) is 6.56. The number of carboxylic acid groups (broad SMARTS) is 2. The molecule has 0 fully saturated rings. The molecule has 0 saturated carbocycles. The summed E-state index contributed by atoms with van der Waals surface area (Å²) in [5.41, 5.74) is 1.88. The van der Waals surface area contributed by atoms with Gasteiger partial charge in [-0.3, -0.25) is 4.57 Å². The Morgan fingerprint density at radius 2 is 1.87 bits per heavy atom. The molecule has 2 N–H and O–H groups in total. The number of rotatable bonds is 4. The summed E-state index contributed by atoms with van der Waals surface area (Å²) >= 11 is 1.70. The van der Waals surface area contributed by atoms with Gasteiger partial charge in [-0.2, -0.15) is 0 Å². The summed E-state index contributed by atoms with van der Waals surface area (Å²) < 4.78 is 7.37. The fourth-order valence-corrected chi connectivity index (χ4v) is 3.21. The number of ether oxygens (including phenoxy) is 1. The van der Waals surface area contributed by atoms with Crippen LogP contribution in [0, 0.1) is 0 Å². The Morgan fingerprint density at radius 1 is 1.07 bits per heavy atom. The summed E-state index contributed by atoms with van der Waals surface area (Å²) in [7, 11) is 1.66. The lowest BCUT2D eigenvalue weighted by Gasteiger charge is -2.06. The smallest absolute Gasteiger partial charge is 0.414 e. The van der Waals surface area contributed by atoms with Crippen molar-refractivity contribution in [2.24, 2.45) is 0 Å². The number of aliphatic carboxylic acids is 2. The van der Waals surface area contributed by atoms with E-state index in [0.29, 0.717) is 0 Å². The van der Waals surface area contributed by atoms with E-state index < -0.39 is 11.9 Å². The lowest BCUT2D eigenvalue weighted by atomic mass is 10.3. The SMILES string of the molecule is COc1ccc2c(c1)nc(/C=C/c1cccs1)n2-c1ccccn1.O=C(O)C(=O)O. The molecule has 4 aromatic rings. The van der Waals surface area contributed by atoms with E-state index in [2.05, 4.69) is 27.1 Å². The van der Waals surface area contributed by atoms with Gasteiger partial charge >= 0.3 is 11.9 Å². The molecule has 3 heterocycles. The maximum atomic E-state index is 9.10. The van der Waals surface area contributed by atoms with E-state index >= 15 is 0 Å². The van der Waals surface area contributed by atoms with Crippen LogP contribution in [0.1, 0.15) is 10.7 Å². The molecule has 3 aromatic heterocycles. The van der Waals surface area contributed by atoms with Gasteiger partial charge in [0.25, 0.3) is 0 Å². The maximum absolute atomic E-state index is 9.10. The summed E-state index contributed by atoms with van der Waals surface area (Å²) in [6.45, 7) is 0. The van der Waals surface area contributed by atoms with E-state index in [1.54, 1.807) is 24.6 Å². The number of carbonyl (C=O) groups is 2. The van der Waals surface area contributed by atoms with Crippen molar-refractivity contribution in [3.8, 4) is 11.6 Å². The van der Waals surface area contributed by atoms with Gasteiger partial charge in [-0.05, 0) is 47.9 Å². The molecule has 0 aliphatic heterocycles. The van der Waals surface area contributed by atoms with Gasteiger partial charge in [0.2, 0.25) is 0 Å². The Balaban J connectivity index is 0.000000377. The van der Waals surface area contributed by atoms with Crippen molar-refractivity contribution in [1.29, 1.82) is 0 Å². The van der Waals surface area contributed by atoms with Gasteiger partial charge in [0, 0.05) is 17.1 Å². The third-order valence-corrected chi connectivity index (χ3v) is 4.73. The van der Waals surface area contributed by atoms with E-state index in [-0.39, 0.29) is 0 Å². The molecule has 0 saturated heterocycles. The molecule has 0 atom stereocenters. The first kappa shape index (κ1) is 20.7. The molecule has 152 valence electrons. The lowest BCUT2D eigenvalue weighted by Crippen LogP contribution is -2.09. The number of pyridine rings is 1. The van der Waals surface area contributed by atoms with E-state index in [4.69, 9.17) is 29.5 Å². The standard InChI is InChI=1S/C19H15N3OS.C2H2O4/c1-23-14-7-9-17-16(13-14)21-19(10-8-15-5-4-12-24-15)22(17)18-6-2-3-11-20-18;3-1(4)2(5)6/h2-13H,1H3;(H,3,4)(H,5,6)/b10-8+;. The van der Waals surface area contributed by atoms with Crippen molar-refractivity contribution < 1.29 is 24.5 Å². The number of benzene rings is 1. The Morgan fingerprint density at radius 3 is 2.47 bits per heavy atom. The molecular formula is C21H17N3O5S. The van der Waals surface area contributed by atoms with E-state index in [1.165, 1.54) is 4.88 Å². The Labute approximate surface area is 175 Å². The van der Waals surface area contributed by atoms with Crippen molar-refractivity contribution in [2.45, 2.75) is 0 Å². The second kappa shape index (κ2) is 9.48. The van der Waals surface area contributed by atoms with Crippen molar-refractivity contribution in [3.05, 3.63) is 70.8 Å². The molecule has 0 spiro atoms. The van der Waals surface area contributed by atoms with Crippen molar-refractivity contribution >= 4 is 46.5 Å². The van der Waals surface area contributed by atoms with Crippen LogP contribution in [0.15, 0.2) is 60.1 Å². The fraction of sp³-hybridized carbons (Fsp3) is 0.0476. The molecule has 0 aliphatic carbocycles. The summed E-state index contributed by atoms with van der Waals surface area (Å²) in [4.78, 5) is 28.6. The molecule has 9 heteroatoms. The highest BCUT2D eigenvalue weighted by atomic mass is 32.1. The largest absolute Gasteiger partial charge is 0.497 e. The predicted molar refractivity (Wildman–Crippen MR) is 114 cm³/mol. The van der Waals surface area contributed by atoms with Crippen molar-refractivity contribution in [1.82, 2.24) is 14.5 Å². The zero-order valence-corrected chi connectivity index (χ0v) is 16.6. The van der Waals surface area contributed by atoms with Crippen LogP contribution >= 0.6 is 11.3 Å². The quantitative estimate of drug-likeness (QED) is 0.480. The molecule has 0 unspecified atom stereocenters. The summed E-state index contributed by atoms with van der Waals surface area (Å²) in [5.74, 6) is -1.17. The number of aromatic nitrogens is 3. The third-order valence-electron chi connectivity index (χ3n) is 3.89. The number of methoxy groups -OCH3 is 1. The minimum Gasteiger partial charge on any atom is -0.497 e. The molecule has 4 rings (SSSR count). The molecule has 1 aromatic carbocycles. The van der Waals surface area contributed by atoms with Gasteiger partial charge in [0.15, 0.2) is 0 Å². The van der Waals surface area contributed by atoms with Crippen LogP contribution in [0.3, 0.4) is 0 Å². The van der Waals surface area contributed by atoms with E-state index in [9.17, 15) is 0 Å². The highest BCUT2D eigenvalue weighted by Crippen LogP contribution is 2.25. The Hall–Kier alpha value is -3.98. The second-order valence-corrected chi connectivity index (χ2v) is 6.79. The van der Waals surface area contributed by atoms with Crippen LogP contribution in [-0.4, -0.2) is 43.8 Å². The van der Waals surface area contributed by atoms with Crippen LogP contribution in [0.25, 0.3) is 29.0 Å². The van der Waals surface area contributed by atoms with E-state index in [0.717, 1.165) is 28.4 Å². The number of hydrogen-bond acceptors (Lipinski definition) is 6. The first-order chi connectivity index (χ1) is 14.5. The lowest BCUT2D eigenvalue weighted by molar-refractivity contribution is -0.159. The zero-order chi connectivity index (χ0) is 21.5. The molecular weight excluding hydrogens is 406 g/mol. The number of imidazole rings is 1. The highest BCUT2D eigenvalue weighted by molar-refractivity contribution is 7.10. The normalized spacial score (nSPS) is 10.6. The number of carboxylic acids is 2. The van der Waals surface area contributed by atoms with Crippen LogP contribution in [-0.2, 0) is 9.59 Å². The first-order valence-corrected chi connectivity index (χ1v) is 9.53. The fourth-order valence-electron chi connectivity index (χ4n) is 2.59. The molecule has 0 amide bonds. The monoisotopic (exact) mass is 423 g/mol. The van der Waals surface area contributed by atoms with Crippen LogP contribution in [0.4, 0.5) is 0 Å². The van der Waals surface area contributed by atoms with Crippen molar-refractivity contribution in [2.75, 3.05) is 7.11 Å². The van der Waals surface area contributed by atoms with Crippen LogP contribution < -0.4 is 4.74 Å². The van der Waals surface area contributed by atoms with Crippen LogP contribution in [0.5, 0.6) is 5.75 Å². The molecule has 0 aliphatic rings. The highest BCUT2D eigenvalue weighted by Gasteiger charge is 2.12. The number of nitrogens with zero attached hydrogens (tertiary/aromatic N) is 3. The average molecular weight is 423 g/mol. The summed E-state index contributed by atoms with van der Waals surface area (Å²) in [6.07, 6.45) is 5.88. The number of fused-ring (bicyclic) bond motifs is 1. The first-order valence-electron chi connectivity index (χ1n) is 8.65. The minimum atomic E-state index is -1.82. The average Bonchev–Trinajstić information content (AvgIpc) is 3.40. The van der Waals surface area contributed by atoms with Gasteiger partial charge < -0.3 is 14.9 Å². The molecule has 8 nitrogen and oxygen atoms in total. The van der Waals surface area contributed by atoms with Gasteiger partial charge in [0.1, 0.15) is 17.4 Å². The number of hydrogen-bond donors (Lipinski definition) is 2. The van der Waals surface area contributed by atoms with Crippen LogP contribution in [0.2, 0.25) is 0 Å². The molecule has 0 bridgehead atoms. The summed E-state index contributed by atoms with van der Waals surface area (Å²) in [5, 5.41) is 16.8. The maximum Gasteiger partial charge on any atom is 0.414 e. The van der Waals surface area contributed by atoms with Gasteiger partial charge in [-0.1, -0.05) is 12.1 Å². The van der Waals surface area contributed by atoms with Gasteiger partial charge in [-0.15, -0.1) is 11.3 Å². The predicted octanol–water partition coefficient (Wildman–Crippen LogP) is 3.82. The second-order valence-electron chi connectivity index (χ2n) is 5.81. The molecule has 0 radical (unpaired) electrons. The number of thiophene rings is 1. The third kappa shape index (κ3) is 4.89.